The molecule has 0 spiro atoms. The molecule has 0 bridgehead atoms. The summed E-state index contributed by atoms with van der Waals surface area (Å²) in [6, 6.07) is 10.1. The van der Waals surface area contributed by atoms with Crippen molar-refractivity contribution in [3.63, 3.8) is 0 Å². The lowest BCUT2D eigenvalue weighted by atomic mass is 10.1. The molecule has 2 heterocycles. The molecule has 0 aliphatic heterocycles. The van der Waals surface area contributed by atoms with Gasteiger partial charge in [0.25, 0.3) is 5.91 Å². The highest BCUT2D eigenvalue weighted by atomic mass is 32.1. The number of halogens is 1. The molecule has 21 heavy (non-hydrogen) atoms. The molecule has 7 heteroatoms. The second kappa shape index (κ2) is 6.11. The summed E-state index contributed by atoms with van der Waals surface area (Å²) in [4.78, 5) is 12.5. The number of carbonyl (C=O) groups is 1. The lowest BCUT2D eigenvalue weighted by Gasteiger charge is -1.98. The van der Waals surface area contributed by atoms with Crippen molar-refractivity contribution in [2.75, 3.05) is 5.32 Å². The topological polar surface area (TPSA) is 54.9 Å². The molecule has 2 aromatic heterocycles. The van der Waals surface area contributed by atoms with Crippen LogP contribution >= 0.6 is 22.7 Å². The Hall–Kier alpha value is -2.12. The molecule has 106 valence electrons. The number of aromatic nitrogens is 2. The molecular weight excluding hydrogens is 309 g/mol. The van der Waals surface area contributed by atoms with Gasteiger partial charge < -0.3 is 0 Å². The van der Waals surface area contributed by atoms with Gasteiger partial charge in [0, 0.05) is 6.42 Å². The van der Waals surface area contributed by atoms with Gasteiger partial charge in [-0.3, -0.25) is 10.1 Å². The van der Waals surface area contributed by atoms with Crippen LogP contribution in [-0.4, -0.2) is 16.1 Å². The number of amides is 1. The van der Waals surface area contributed by atoms with Crippen LogP contribution in [0.1, 0.15) is 20.2 Å². The first-order valence-corrected chi connectivity index (χ1v) is 7.82. The molecule has 3 aromatic rings. The zero-order chi connectivity index (χ0) is 14.7. The number of nitrogens with zero attached hydrogens (tertiary/aromatic N) is 2. The Kier molecular flexibility index (Phi) is 4.03. The number of hydrogen-bond donors (Lipinski definition) is 1. The third-order valence-corrected chi connectivity index (χ3v) is 4.44. The predicted octanol–water partition coefficient (Wildman–Crippen LogP) is 3.58. The van der Waals surface area contributed by atoms with Crippen molar-refractivity contribution < 1.29 is 9.18 Å². The van der Waals surface area contributed by atoms with Crippen LogP contribution in [0.3, 0.4) is 0 Å². The number of anilines is 1. The minimum atomic E-state index is -0.267. The molecule has 0 unspecified atom stereocenters. The molecule has 1 N–H and O–H groups in total. The van der Waals surface area contributed by atoms with E-state index in [2.05, 4.69) is 15.5 Å². The maximum atomic E-state index is 13.6. The number of hydrogen-bond acceptors (Lipinski definition) is 5. The van der Waals surface area contributed by atoms with Crippen LogP contribution < -0.4 is 5.32 Å². The summed E-state index contributed by atoms with van der Waals surface area (Å²) in [5.41, 5.74) is 0.560. The second-order valence-electron chi connectivity index (χ2n) is 4.20. The van der Waals surface area contributed by atoms with Crippen LogP contribution in [0.15, 0.2) is 41.8 Å². The van der Waals surface area contributed by atoms with Gasteiger partial charge in [-0.2, -0.15) is 0 Å². The molecule has 0 saturated carbocycles. The van der Waals surface area contributed by atoms with Crippen LogP contribution in [0, 0.1) is 5.82 Å². The van der Waals surface area contributed by atoms with Crippen molar-refractivity contribution in [2.24, 2.45) is 0 Å². The molecular formula is C14H10FN3OS2. The lowest BCUT2D eigenvalue weighted by Crippen LogP contribution is -2.09. The van der Waals surface area contributed by atoms with Crippen molar-refractivity contribution in [1.29, 1.82) is 0 Å². The smallest absolute Gasteiger partial charge is 0.267 e. The number of benzene rings is 1. The van der Waals surface area contributed by atoms with Crippen molar-refractivity contribution in [1.82, 2.24) is 10.2 Å². The van der Waals surface area contributed by atoms with Gasteiger partial charge in [-0.1, -0.05) is 35.6 Å². The summed E-state index contributed by atoms with van der Waals surface area (Å²) >= 11 is 2.60. The summed E-state index contributed by atoms with van der Waals surface area (Å²) < 4.78 is 13.6. The quantitative estimate of drug-likeness (QED) is 0.799. The van der Waals surface area contributed by atoms with Crippen molar-refractivity contribution in [2.45, 2.75) is 6.42 Å². The fourth-order valence-corrected chi connectivity index (χ4v) is 3.12. The van der Waals surface area contributed by atoms with Crippen molar-refractivity contribution in [3.05, 3.63) is 63.0 Å². The summed E-state index contributed by atoms with van der Waals surface area (Å²) in [5.74, 6) is -0.476. The molecule has 0 radical (unpaired) electrons. The normalized spacial score (nSPS) is 10.5. The van der Waals surface area contributed by atoms with Crippen molar-refractivity contribution in [3.8, 4) is 0 Å². The standard InChI is InChI=1S/C14H10FN3OS2/c15-10-5-2-1-4-9(10)8-12-17-18-14(21-12)16-13(19)11-6-3-7-20-11/h1-7H,8H2,(H,16,18,19). The van der Waals surface area contributed by atoms with Gasteiger partial charge in [-0.15, -0.1) is 21.5 Å². The summed E-state index contributed by atoms with van der Waals surface area (Å²) in [7, 11) is 0. The summed E-state index contributed by atoms with van der Waals surface area (Å²) in [6.07, 6.45) is 0.360. The van der Waals surface area contributed by atoms with Gasteiger partial charge in [0.1, 0.15) is 10.8 Å². The Balaban J connectivity index is 1.69. The maximum absolute atomic E-state index is 13.6. The van der Waals surface area contributed by atoms with Gasteiger partial charge in [0.15, 0.2) is 0 Å². The summed E-state index contributed by atoms with van der Waals surface area (Å²) in [6.45, 7) is 0. The fraction of sp³-hybridized carbons (Fsp3) is 0.0714. The Bertz CT molecular complexity index is 755. The van der Waals surface area contributed by atoms with E-state index in [1.807, 2.05) is 11.4 Å². The molecule has 0 fully saturated rings. The molecule has 0 saturated heterocycles. The first-order chi connectivity index (χ1) is 10.2. The van der Waals surface area contributed by atoms with E-state index in [0.29, 0.717) is 27.0 Å². The van der Waals surface area contributed by atoms with Gasteiger partial charge in [-0.25, -0.2) is 4.39 Å². The molecule has 3 rings (SSSR count). The average molecular weight is 319 g/mol. The van der Waals surface area contributed by atoms with Crippen LogP contribution in [0.5, 0.6) is 0 Å². The minimum Gasteiger partial charge on any atom is -0.296 e. The van der Waals surface area contributed by atoms with Crippen LogP contribution in [0.2, 0.25) is 0 Å². The molecule has 0 atom stereocenters. The van der Waals surface area contributed by atoms with E-state index in [9.17, 15) is 9.18 Å². The van der Waals surface area contributed by atoms with Gasteiger partial charge in [-0.05, 0) is 23.1 Å². The summed E-state index contributed by atoms with van der Waals surface area (Å²) in [5, 5.41) is 13.5. The van der Waals surface area contributed by atoms with Crippen LogP contribution in [0.25, 0.3) is 0 Å². The van der Waals surface area contributed by atoms with E-state index < -0.39 is 0 Å². The Morgan fingerprint density at radius 1 is 1.19 bits per heavy atom. The number of rotatable bonds is 4. The first-order valence-electron chi connectivity index (χ1n) is 6.13. The van der Waals surface area contributed by atoms with E-state index in [-0.39, 0.29) is 11.7 Å². The third kappa shape index (κ3) is 3.32. The third-order valence-electron chi connectivity index (χ3n) is 2.73. The van der Waals surface area contributed by atoms with Gasteiger partial charge >= 0.3 is 0 Å². The van der Waals surface area contributed by atoms with Crippen molar-refractivity contribution >= 4 is 33.7 Å². The number of nitrogens with one attached hydrogen (secondary N) is 1. The molecule has 1 aromatic carbocycles. The van der Waals surface area contributed by atoms with Crippen LogP contribution in [-0.2, 0) is 6.42 Å². The Morgan fingerprint density at radius 3 is 2.81 bits per heavy atom. The second-order valence-corrected chi connectivity index (χ2v) is 6.21. The van der Waals surface area contributed by atoms with Crippen LogP contribution in [0.4, 0.5) is 9.52 Å². The Morgan fingerprint density at radius 2 is 2.05 bits per heavy atom. The number of carbonyl (C=O) groups excluding carboxylic acids is 1. The number of thiophene rings is 1. The zero-order valence-corrected chi connectivity index (χ0v) is 12.4. The van der Waals surface area contributed by atoms with Gasteiger partial charge in [0.05, 0.1) is 4.88 Å². The molecule has 4 nitrogen and oxygen atoms in total. The van der Waals surface area contributed by atoms with E-state index in [4.69, 9.17) is 0 Å². The fourth-order valence-electron chi connectivity index (χ4n) is 1.75. The molecule has 1 amide bonds. The Labute approximate surface area is 128 Å². The highest BCUT2D eigenvalue weighted by molar-refractivity contribution is 7.15. The average Bonchev–Trinajstić information content (AvgIpc) is 3.13. The predicted molar refractivity (Wildman–Crippen MR) is 81.4 cm³/mol. The van der Waals surface area contributed by atoms with E-state index in [0.717, 1.165) is 0 Å². The van der Waals surface area contributed by atoms with Gasteiger partial charge in [0.2, 0.25) is 5.13 Å². The molecule has 0 aliphatic rings. The van der Waals surface area contributed by atoms with E-state index in [1.54, 1.807) is 24.3 Å². The first kappa shape index (κ1) is 13.8. The lowest BCUT2D eigenvalue weighted by molar-refractivity contribution is 0.103. The minimum absolute atomic E-state index is 0.210. The zero-order valence-electron chi connectivity index (χ0n) is 10.7. The molecule has 0 aliphatic carbocycles. The van der Waals surface area contributed by atoms with E-state index in [1.165, 1.54) is 28.7 Å². The monoisotopic (exact) mass is 319 g/mol. The maximum Gasteiger partial charge on any atom is 0.267 e. The largest absolute Gasteiger partial charge is 0.296 e. The SMILES string of the molecule is O=C(Nc1nnc(Cc2ccccc2F)s1)c1cccs1. The highest BCUT2D eigenvalue weighted by Crippen LogP contribution is 2.21. The van der Waals surface area contributed by atoms with E-state index >= 15 is 0 Å². The highest BCUT2D eigenvalue weighted by Gasteiger charge is 2.12.